The Morgan fingerprint density at radius 3 is 2.57 bits per heavy atom. The molecule has 1 fully saturated rings. The summed E-state index contributed by atoms with van der Waals surface area (Å²) in [6, 6.07) is 11.2. The molecule has 1 atom stereocenters. The van der Waals surface area contributed by atoms with Gasteiger partial charge in [-0.2, -0.15) is 0 Å². The van der Waals surface area contributed by atoms with Gasteiger partial charge in [0, 0.05) is 19.1 Å². The van der Waals surface area contributed by atoms with Gasteiger partial charge in [-0.05, 0) is 58.2 Å². The standard InChI is InChI=1S/C19H32N4/c1-4-20-19(22-15-18(23(2)3)17-12-13-17)21-14-8-11-16-9-6-5-7-10-16/h5-7,9-10,17-18H,4,8,11-15H2,1-3H3,(H2,20,21,22). The van der Waals surface area contributed by atoms with Gasteiger partial charge >= 0.3 is 0 Å². The molecular formula is C19H32N4. The van der Waals surface area contributed by atoms with Gasteiger partial charge in [0.05, 0.1) is 6.54 Å². The third-order valence-electron chi connectivity index (χ3n) is 4.39. The molecule has 4 nitrogen and oxygen atoms in total. The highest BCUT2D eigenvalue weighted by Crippen LogP contribution is 2.34. The van der Waals surface area contributed by atoms with Gasteiger partial charge in [0.15, 0.2) is 5.96 Å². The first-order valence-corrected chi connectivity index (χ1v) is 8.93. The van der Waals surface area contributed by atoms with Crippen molar-refractivity contribution in [3.8, 4) is 0 Å². The number of hydrogen-bond donors (Lipinski definition) is 2. The van der Waals surface area contributed by atoms with Gasteiger partial charge in [-0.15, -0.1) is 0 Å². The van der Waals surface area contributed by atoms with E-state index in [0.29, 0.717) is 6.04 Å². The minimum Gasteiger partial charge on any atom is -0.357 e. The van der Waals surface area contributed by atoms with Crippen LogP contribution in [0.5, 0.6) is 0 Å². The Labute approximate surface area is 141 Å². The molecule has 0 radical (unpaired) electrons. The molecule has 1 saturated carbocycles. The van der Waals surface area contributed by atoms with Gasteiger partial charge in [0.1, 0.15) is 0 Å². The summed E-state index contributed by atoms with van der Waals surface area (Å²) < 4.78 is 0. The van der Waals surface area contributed by atoms with Crippen molar-refractivity contribution in [1.29, 1.82) is 0 Å². The third kappa shape index (κ3) is 6.61. The quantitative estimate of drug-likeness (QED) is 0.418. The molecule has 0 heterocycles. The molecule has 0 bridgehead atoms. The van der Waals surface area contributed by atoms with Gasteiger partial charge in [-0.1, -0.05) is 30.3 Å². The lowest BCUT2D eigenvalue weighted by Crippen LogP contribution is -2.40. The third-order valence-corrected chi connectivity index (χ3v) is 4.39. The smallest absolute Gasteiger partial charge is 0.191 e. The second-order valence-electron chi connectivity index (χ2n) is 6.60. The number of hydrogen-bond acceptors (Lipinski definition) is 2. The van der Waals surface area contributed by atoms with Gasteiger partial charge in [-0.3, -0.25) is 4.99 Å². The number of nitrogens with one attached hydrogen (secondary N) is 2. The summed E-state index contributed by atoms with van der Waals surface area (Å²) in [5.74, 6) is 1.79. The zero-order chi connectivity index (χ0) is 16.5. The normalized spacial score (nSPS) is 16.4. The summed E-state index contributed by atoms with van der Waals surface area (Å²) in [6.45, 7) is 4.86. The predicted octanol–water partition coefficient (Wildman–Crippen LogP) is 2.51. The number of nitrogens with zero attached hydrogens (tertiary/aromatic N) is 2. The molecule has 23 heavy (non-hydrogen) atoms. The van der Waals surface area contributed by atoms with Gasteiger partial charge in [0.25, 0.3) is 0 Å². The van der Waals surface area contributed by atoms with Crippen LogP contribution in [-0.2, 0) is 6.42 Å². The first-order chi connectivity index (χ1) is 11.2. The maximum Gasteiger partial charge on any atom is 0.191 e. The zero-order valence-electron chi connectivity index (χ0n) is 14.9. The van der Waals surface area contributed by atoms with Crippen LogP contribution in [0.3, 0.4) is 0 Å². The van der Waals surface area contributed by atoms with Crippen molar-refractivity contribution in [2.24, 2.45) is 10.9 Å². The number of aryl methyl sites for hydroxylation is 1. The van der Waals surface area contributed by atoms with E-state index in [1.165, 1.54) is 18.4 Å². The van der Waals surface area contributed by atoms with E-state index in [1.54, 1.807) is 0 Å². The van der Waals surface area contributed by atoms with Crippen molar-refractivity contribution in [3.05, 3.63) is 35.9 Å². The summed E-state index contributed by atoms with van der Waals surface area (Å²) in [5.41, 5.74) is 1.40. The van der Waals surface area contributed by atoms with Gasteiger partial charge in [-0.25, -0.2) is 0 Å². The van der Waals surface area contributed by atoms with Gasteiger partial charge < -0.3 is 15.5 Å². The highest BCUT2D eigenvalue weighted by Gasteiger charge is 2.32. The fourth-order valence-corrected chi connectivity index (χ4v) is 2.89. The fraction of sp³-hybridized carbons (Fsp3) is 0.632. The van der Waals surface area contributed by atoms with Crippen molar-refractivity contribution in [2.75, 3.05) is 33.7 Å². The van der Waals surface area contributed by atoms with Crippen LogP contribution in [-0.4, -0.2) is 50.6 Å². The number of aliphatic imine (C=N–C) groups is 1. The Morgan fingerprint density at radius 1 is 1.22 bits per heavy atom. The predicted molar refractivity (Wildman–Crippen MR) is 98.9 cm³/mol. The minimum absolute atomic E-state index is 0.578. The van der Waals surface area contributed by atoms with Crippen LogP contribution >= 0.6 is 0 Å². The molecule has 2 rings (SSSR count). The maximum absolute atomic E-state index is 4.79. The lowest BCUT2D eigenvalue weighted by atomic mass is 10.1. The van der Waals surface area contributed by atoms with E-state index in [1.807, 2.05) is 0 Å². The maximum atomic E-state index is 4.79. The second kappa shape index (κ2) is 9.56. The SMILES string of the molecule is CCNC(=NCC(C1CC1)N(C)C)NCCCc1ccccc1. The Hall–Kier alpha value is -1.55. The van der Waals surface area contributed by atoms with E-state index >= 15 is 0 Å². The Morgan fingerprint density at radius 2 is 1.96 bits per heavy atom. The lowest BCUT2D eigenvalue weighted by Gasteiger charge is -2.23. The highest BCUT2D eigenvalue weighted by atomic mass is 15.2. The van der Waals surface area contributed by atoms with Crippen molar-refractivity contribution in [2.45, 2.75) is 38.6 Å². The molecule has 128 valence electrons. The molecule has 0 amide bonds. The summed E-state index contributed by atoms with van der Waals surface area (Å²) in [6.07, 6.45) is 4.95. The molecule has 4 heteroatoms. The van der Waals surface area contributed by atoms with E-state index in [9.17, 15) is 0 Å². The Kier molecular flexibility index (Phi) is 7.40. The second-order valence-corrected chi connectivity index (χ2v) is 6.60. The van der Waals surface area contributed by atoms with Crippen LogP contribution in [0.4, 0.5) is 0 Å². The van der Waals surface area contributed by atoms with Crippen molar-refractivity contribution >= 4 is 5.96 Å². The first-order valence-electron chi connectivity index (χ1n) is 8.93. The molecule has 1 aliphatic rings. The number of likely N-dealkylation sites (N-methyl/N-ethyl adjacent to an activating group) is 1. The molecule has 2 N–H and O–H groups in total. The molecule has 1 aromatic rings. The molecule has 1 aromatic carbocycles. The molecule has 0 saturated heterocycles. The number of rotatable bonds is 9. The molecule has 0 aromatic heterocycles. The van der Waals surface area contributed by atoms with Crippen LogP contribution < -0.4 is 10.6 Å². The monoisotopic (exact) mass is 316 g/mol. The Balaban J connectivity index is 1.74. The van der Waals surface area contributed by atoms with Gasteiger partial charge in [0.2, 0.25) is 0 Å². The topological polar surface area (TPSA) is 39.7 Å². The number of benzene rings is 1. The van der Waals surface area contributed by atoms with Crippen LogP contribution in [0.15, 0.2) is 35.3 Å². The number of guanidine groups is 1. The van der Waals surface area contributed by atoms with E-state index in [-0.39, 0.29) is 0 Å². The zero-order valence-corrected chi connectivity index (χ0v) is 14.9. The van der Waals surface area contributed by atoms with Crippen LogP contribution in [0.2, 0.25) is 0 Å². The molecule has 0 spiro atoms. The fourth-order valence-electron chi connectivity index (χ4n) is 2.89. The van der Waals surface area contributed by atoms with Crippen molar-refractivity contribution < 1.29 is 0 Å². The largest absolute Gasteiger partial charge is 0.357 e. The van der Waals surface area contributed by atoms with Crippen molar-refractivity contribution in [1.82, 2.24) is 15.5 Å². The average molecular weight is 316 g/mol. The van der Waals surface area contributed by atoms with Crippen molar-refractivity contribution in [3.63, 3.8) is 0 Å². The van der Waals surface area contributed by atoms with Crippen LogP contribution in [0, 0.1) is 5.92 Å². The molecular weight excluding hydrogens is 284 g/mol. The van der Waals surface area contributed by atoms with Crippen LogP contribution in [0.1, 0.15) is 31.7 Å². The average Bonchev–Trinajstić information content (AvgIpc) is 3.37. The summed E-state index contributed by atoms with van der Waals surface area (Å²) in [7, 11) is 4.33. The highest BCUT2D eigenvalue weighted by molar-refractivity contribution is 5.79. The lowest BCUT2D eigenvalue weighted by molar-refractivity contribution is 0.271. The molecule has 1 aliphatic carbocycles. The summed E-state index contributed by atoms with van der Waals surface area (Å²) in [5, 5.41) is 6.82. The van der Waals surface area contributed by atoms with E-state index in [4.69, 9.17) is 4.99 Å². The van der Waals surface area contributed by atoms with E-state index in [0.717, 1.165) is 44.4 Å². The molecule has 1 unspecified atom stereocenters. The van der Waals surface area contributed by atoms with E-state index < -0.39 is 0 Å². The minimum atomic E-state index is 0.578. The summed E-state index contributed by atoms with van der Waals surface area (Å²) in [4.78, 5) is 7.11. The Bertz CT molecular complexity index is 464. The first kappa shape index (κ1) is 17.8. The van der Waals surface area contributed by atoms with Crippen LogP contribution in [0.25, 0.3) is 0 Å². The van der Waals surface area contributed by atoms with E-state index in [2.05, 4.69) is 66.9 Å². The molecule has 0 aliphatic heterocycles. The summed E-state index contributed by atoms with van der Waals surface area (Å²) >= 11 is 0.